The summed E-state index contributed by atoms with van der Waals surface area (Å²) in [4.78, 5) is 43.8. The highest BCUT2D eigenvalue weighted by molar-refractivity contribution is 5.92. The molecule has 11 heteroatoms. The molecule has 3 amide bonds. The zero-order valence-corrected chi connectivity index (χ0v) is 15.3. The number of fused-ring (bicyclic) bond motifs is 1. The van der Waals surface area contributed by atoms with E-state index < -0.39 is 6.09 Å². The molecule has 1 fully saturated rings. The molecule has 2 aromatic heterocycles. The number of imidazole rings is 1. The second-order valence-electron chi connectivity index (χ2n) is 6.67. The number of cyclic esters (lactones) is 1. The topological polar surface area (TPSA) is 125 Å². The third-order valence-corrected chi connectivity index (χ3v) is 4.83. The molecule has 4 rings (SSSR count). The lowest BCUT2D eigenvalue weighted by Gasteiger charge is -2.22. The minimum absolute atomic E-state index is 0.0302. The highest BCUT2D eigenvalue weighted by atomic mass is 16.6. The number of amides is 3. The highest BCUT2D eigenvalue weighted by Gasteiger charge is 2.27. The van der Waals surface area contributed by atoms with Gasteiger partial charge in [-0.3, -0.25) is 19.6 Å². The molecule has 4 heterocycles. The molecule has 2 aromatic rings. The largest absolute Gasteiger partial charge is 0.448 e. The van der Waals surface area contributed by atoms with E-state index in [0.29, 0.717) is 51.4 Å². The zero-order valence-electron chi connectivity index (χ0n) is 15.3. The average molecular weight is 387 g/mol. The lowest BCUT2D eigenvalue weighted by atomic mass is 10.3. The van der Waals surface area contributed by atoms with Crippen LogP contribution in [0.3, 0.4) is 0 Å². The molecule has 0 bridgehead atoms. The van der Waals surface area contributed by atoms with Gasteiger partial charge >= 0.3 is 6.09 Å². The zero-order chi connectivity index (χ0) is 19.5. The van der Waals surface area contributed by atoms with Gasteiger partial charge in [-0.2, -0.15) is 5.10 Å². The number of carbonyl (C=O) groups excluding carboxylic acids is 3. The van der Waals surface area contributed by atoms with Crippen LogP contribution in [0.1, 0.15) is 22.0 Å². The maximum atomic E-state index is 12.5. The number of ether oxygens (including phenoxy) is 1. The molecule has 0 unspecified atom stereocenters. The van der Waals surface area contributed by atoms with Crippen LogP contribution in [0, 0.1) is 0 Å². The number of aromatic nitrogens is 4. The molecule has 11 nitrogen and oxygen atoms in total. The van der Waals surface area contributed by atoms with E-state index in [1.807, 2.05) is 4.57 Å². The van der Waals surface area contributed by atoms with Crippen molar-refractivity contribution in [1.82, 2.24) is 34.9 Å². The van der Waals surface area contributed by atoms with E-state index in [-0.39, 0.29) is 18.4 Å². The van der Waals surface area contributed by atoms with Gasteiger partial charge in [0, 0.05) is 38.4 Å². The van der Waals surface area contributed by atoms with Gasteiger partial charge in [0.25, 0.3) is 5.91 Å². The molecule has 28 heavy (non-hydrogen) atoms. The van der Waals surface area contributed by atoms with Crippen LogP contribution in [0.25, 0.3) is 0 Å². The Morgan fingerprint density at radius 3 is 2.89 bits per heavy atom. The van der Waals surface area contributed by atoms with Crippen LogP contribution < -0.4 is 5.32 Å². The number of H-pyrrole nitrogens is 1. The van der Waals surface area contributed by atoms with Gasteiger partial charge in [0.05, 0.1) is 18.8 Å². The van der Waals surface area contributed by atoms with E-state index in [4.69, 9.17) is 4.74 Å². The Balaban J connectivity index is 1.32. The Bertz CT molecular complexity index is 851. The molecule has 0 radical (unpaired) electrons. The number of carbonyl (C=O) groups is 3. The van der Waals surface area contributed by atoms with Crippen molar-refractivity contribution in [1.29, 1.82) is 0 Å². The van der Waals surface area contributed by atoms with Gasteiger partial charge in [0.15, 0.2) is 0 Å². The highest BCUT2D eigenvalue weighted by Crippen LogP contribution is 2.12. The van der Waals surface area contributed by atoms with Gasteiger partial charge in [-0.05, 0) is 6.07 Å². The molecule has 1 saturated heterocycles. The first-order valence-electron chi connectivity index (χ1n) is 9.12. The molecule has 2 aliphatic rings. The predicted octanol–water partition coefficient (Wildman–Crippen LogP) is -0.627. The molecule has 0 aliphatic carbocycles. The molecule has 148 valence electrons. The summed E-state index contributed by atoms with van der Waals surface area (Å²) in [7, 11) is 0. The quantitative estimate of drug-likeness (QED) is 0.704. The summed E-state index contributed by atoms with van der Waals surface area (Å²) in [6, 6.07) is 1.79. The van der Waals surface area contributed by atoms with Crippen molar-refractivity contribution in [3.63, 3.8) is 0 Å². The smallest absolute Gasteiger partial charge is 0.410 e. The van der Waals surface area contributed by atoms with Gasteiger partial charge in [-0.1, -0.05) is 0 Å². The first-order valence-corrected chi connectivity index (χ1v) is 9.12. The second kappa shape index (κ2) is 7.71. The molecule has 0 saturated carbocycles. The maximum Gasteiger partial charge on any atom is 0.410 e. The van der Waals surface area contributed by atoms with Crippen molar-refractivity contribution in [2.45, 2.75) is 19.5 Å². The van der Waals surface area contributed by atoms with E-state index in [1.165, 1.54) is 4.90 Å². The van der Waals surface area contributed by atoms with Crippen molar-refractivity contribution in [2.24, 2.45) is 0 Å². The van der Waals surface area contributed by atoms with Crippen LogP contribution in [-0.4, -0.2) is 80.2 Å². The SMILES string of the molecule is O=C(NCc1ccn[nH]1)c1cn2c(n1)CCN(C(=O)CN1CCOC1=O)CC2. The van der Waals surface area contributed by atoms with Crippen LogP contribution >= 0.6 is 0 Å². The molecule has 0 aromatic carbocycles. The molecular weight excluding hydrogens is 366 g/mol. The summed E-state index contributed by atoms with van der Waals surface area (Å²) in [6.45, 7) is 2.69. The predicted molar refractivity (Wildman–Crippen MR) is 95.2 cm³/mol. The number of hydrogen-bond acceptors (Lipinski definition) is 6. The fourth-order valence-corrected chi connectivity index (χ4v) is 3.26. The third kappa shape index (κ3) is 3.82. The molecule has 0 spiro atoms. The van der Waals surface area contributed by atoms with Crippen LogP contribution in [0.5, 0.6) is 0 Å². The molecular formula is C17H21N7O4. The van der Waals surface area contributed by atoms with Crippen molar-refractivity contribution < 1.29 is 19.1 Å². The minimum Gasteiger partial charge on any atom is -0.448 e. The van der Waals surface area contributed by atoms with Crippen molar-refractivity contribution >= 4 is 17.9 Å². The standard InChI is InChI=1S/C17H21N7O4/c25-15(11-24-7-8-28-17(24)27)22-4-2-14-20-13(10-23(14)6-5-22)16(26)18-9-12-1-3-19-21-12/h1,3,10H,2,4-9,11H2,(H,18,26)(H,19,21). The summed E-state index contributed by atoms with van der Waals surface area (Å²) in [5.74, 6) is 0.403. The Labute approximate surface area is 160 Å². The van der Waals surface area contributed by atoms with Gasteiger partial charge in [-0.15, -0.1) is 0 Å². The Kier molecular flexibility index (Phi) is 4.96. The van der Waals surface area contributed by atoms with E-state index in [9.17, 15) is 14.4 Å². The summed E-state index contributed by atoms with van der Waals surface area (Å²) < 4.78 is 6.76. The Hall–Kier alpha value is -3.37. The van der Waals surface area contributed by atoms with E-state index in [2.05, 4.69) is 20.5 Å². The third-order valence-electron chi connectivity index (χ3n) is 4.83. The maximum absolute atomic E-state index is 12.5. The first kappa shape index (κ1) is 18.0. The molecule has 0 atom stereocenters. The van der Waals surface area contributed by atoms with Gasteiger partial charge in [0.2, 0.25) is 5.91 Å². The van der Waals surface area contributed by atoms with Crippen LogP contribution in [0.4, 0.5) is 4.79 Å². The van der Waals surface area contributed by atoms with Crippen molar-refractivity contribution in [2.75, 3.05) is 32.8 Å². The first-order chi connectivity index (χ1) is 13.6. The number of nitrogens with one attached hydrogen (secondary N) is 2. The normalized spacial score (nSPS) is 16.5. The fourth-order valence-electron chi connectivity index (χ4n) is 3.26. The number of aromatic amines is 1. The van der Waals surface area contributed by atoms with E-state index >= 15 is 0 Å². The minimum atomic E-state index is -0.443. The van der Waals surface area contributed by atoms with Crippen LogP contribution in [0.2, 0.25) is 0 Å². The number of nitrogens with zero attached hydrogens (tertiary/aromatic N) is 5. The van der Waals surface area contributed by atoms with Gasteiger partial charge in [0.1, 0.15) is 24.7 Å². The summed E-state index contributed by atoms with van der Waals surface area (Å²) in [6.07, 6.45) is 3.44. The van der Waals surface area contributed by atoms with E-state index in [0.717, 1.165) is 11.5 Å². The van der Waals surface area contributed by atoms with Crippen LogP contribution in [-0.2, 0) is 29.0 Å². The lowest BCUT2D eigenvalue weighted by molar-refractivity contribution is -0.131. The number of rotatable bonds is 5. The van der Waals surface area contributed by atoms with Gasteiger partial charge in [-0.25, -0.2) is 9.78 Å². The summed E-state index contributed by atoms with van der Waals surface area (Å²) in [5, 5.41) is 9.42. The average Bonchev–Trinajstić information content (AvgIpc) is 3.41. The summed E-state index contributed by atoms with van der Waals surface area (Å²) in [5.41, 5.74) is 1.17. The molecule has 2 aliphatic heterocycles. The van der Waals surface area contributed by atoms with Gasteiger partial charge < -0.3 is 19.5 Å². The van der Waals surface area contributed by atoms with Crippen molar-refractivity contribution in [3.05, 3.63) is 35.7 Å². The fraction of sp³-hybridized carbons (Fsp3) is 0.471. The van der Waals surface area contributed by atoms with Crippen LogP contribution in [0.15, 0.2) is 18.5 Å². The Morgan fingerprint density at radius 1 is 1.25 bits per heavy atom. The summed E-state index contributed by atoms with van der Waals surface area (Å²) >= 11 is 0. The van der Waals surface area contributed by atoms with Crippen molar-refractivity contribution in [3.8, 4) is 0 Å². The lowest BCUT2D eigenvalue weighted by Crippen LogP contribution is -2.42. The molecule has 2 N–H and O–H groups in total. The number of hydrogen-bond donors (Lipinski definition) is 2. The Morgan fingerprint density at radius 2 is 2.14 bits per heavy atom. The monoisotopic (exact) mass is 387 g/mol. The van der Waals surface area contributed by atoms with E-state index in [1.54, 1.807) is 23.4 Å². The second-order valence-corrected chi connectivity index (χ2v) is 6.67.